The van der Waals surface area contributed by atoms with Crippen LogP contribution in [-0.4, -0.2) is 24.9 Å². The zero-order valence-corrected chi connectivity index (χ0v) is 13.3. The number of fused-ring (bicyclic) bond motifs is 2. The minimum atomic E-state index is -0.406. The lowest BCUT2D eigenvalue weighted by Gasteiger charge is -1.95. The molecular weight excluding hydrogens is 326 g/mol. The second-order valence-corrected chi connectivity index (χ2v) is 6.32. The number of nitro groups is 1. The SMILES string of the molecule is O=[N+]([O-])c1ccc2nc(CSCc3nc4ccccc4[nH]3)[nH]c2c1. The number of hydrogen-bond donors (Lipinski definition) is 2. The van der Waals surface area contributed by atoms with E-state index in [1.54, 1.807) is 17.8 Å². The first-order valence-corrected chi connectivity index (χ1v) is 8.49. The Labute approximate surface area is 140 Å². The van der Waals surface area contributed by atoms with Crippen LogP contribution in [0.5, 0.6) is 0 Å². The monoisotopic (exact) mass is 339 g/mol. The maximum atomic E-state index is 10.8. The number of para-hydroxylation sites is 2. The van der Waals surface area contributed by atoms with E-state index in [1.807, 2.05) is 24.3 Å². The number of non-ortho nitro benzene ring substituents is 1. The Hall–Kier alpha value is -2.87. The van der Waals surface area contributed by atoms with E-state index in [0.717, 1.165) is 34.0 Å². The van der Waals surface area contributed by atoms with Crippen molar-refractivity contribution < 1.29 is 4.92 Å². The van der Waals surface area contributed by atoms with Gasteiger partial charge in [-0.1, -0.05) is 12.1 Å². The van der Waals surface area contributed by atoms with Crippen LogP contribution >= 0.6 is 11.8 Å². The van der Waals surface area contributed by atoms with Crippen molar-refractivity contribution in [1.29, 1.82) is 0 Å². The first-order chi connectivity index (χ1) is 11.7. The smallest absolute Gasteiger partial charge is 0.271 e. The highest BCUT2D eigenvalue weighted by molar-refractivity contribution is 7.97. The third-order valence-corrected chi connectivity index (χ3v) is 4.60. The minimum Gasteiger partial charge on any atom is -0.341 e. The van der Waals surface area contributed by atoms with Crippen LogP contribution < -0.4 is 0 Å². The molecule has 2 aromatic heterocycles. The molecular formula is C16H13N5O2S. The van der Waals surface area contributed by atoms with Crippen LogP contribution in [0, 0.1) is 10.1 Å². The van der Waals surface area contributed by atoms with E-state index in [1.165, 1.54) is 12.1 Å². The summed E-state index contributed by atoms with van der Waals surface area (Å²) < 4.78 is 0. The lowest BCUT2D eigenvalue weighted by Crippen LogP contribution is -1.87. The van der Waals surface area contributed by atoms with E-state index in [9.17, 15) is 10.1 Å². The van der Waals surface area contributed by atoms with Gasteiger partial charge in [0.05, 0.1) is 38.5 Å². The van der Waals surface area contributed by atoms with Crippen molar-refractivity contribution in [2.24, 2.45) is 0 Å². The predicted octanol–water partition coefficient (Wildman–Crippen LogP) is 3.78. The Bertz CT molecular complexity index is 1010. The second kappa shape index (κ2) is 5.97. The van der Waals surface area contributed by atoms with Crippen LogP contribution in [0.25, 0.3) is 22.1 Å². The second-order valence-electron chi connectivity index (χ2n) is 5.34. The molecule has 2 aromatic carbocycles. The Balaban J connectivity index is 1.45. The number of thioether (sulfide) groups is 1. The van der Waals surface area contributed by atoms with Gasteiger partial charge in [0.25, 0.3) is 5.69 Å². The number of hydrogen-bond acceptors (Lipinski definition) is 5. The maximum Gasteiger partial charge on any atom is 0.271 e. The van der Waals surface area contributed by atoms with Gasteiger partial charge in [0.15, 0.2) is 0 Å². The molecule has 0 saturated carbocycles. The van der Waals surface area contributed by atoms with Gasteiger partial charge in [0, 0.05) is 12.1 Å². The third kappa shape index (κ3) is 2.83. The first-order valence-electron chi connectivity index (χ1n) is 7.33. The number of imidazole rings is 2. The summed E-state index contributed by atoms with van der Waals surface area (Å²) in [6.45, 7) is 0. The fourth-order valence-electron chi connectivity index (χ4n) is 2.55. The standard InChI is InChI=1S/C16H13N5O2S/c22-21(23)10-5-6-13-14(7-10)20-16(19-13)9-24-8-15-17-11-3-1-2-4-12(11)18-15/h1-7H,8-9H2,(H,17,18)(H,19,20). The summed E-state index contributed by atoms with van der Waals surface area (Å²) in [7, 11) is 0. The van der Waals surface area contributed by atoms with Crippen molar-refractivity contribution in [3.63, 3.8) is 0 Å². The number of nitro benzene ring substituents is 1. The van der Waals surface area contributed by atoms with Crippen molar-refractivity contribution in [2.75, 3.05) is 0 Å². The summed E-state index contributed by atoms with van der Waals surface area (Å²) in [6.07, 6.45) is 0. The minimum absolute atomic E-state index is 0.0626. The van der Waals surface area contributed by atoms with Gasteiger partial charge in [-0.2, -0.15) is 0 Å². The van der Waals surface area contributed by atoms with Crippen molar-refractivity contribution in [1.82, 2.24) is 19.9 Å². The summed E-state index contributed by atoms with van der Waals surface area (Å²) in [5.74, 6) is 3.14. The third-order valence-electron chi connectivity index (χ3n) is 3.64. The number of benzene rings is 2. The molecule has 4 aromatic rings. The Kier molecular flexibility index (Phi) is 3.66. The van der Waals surface area contributed by atoms with Crippen molar-refractivity contribution in [3.8, 4) is 0 Å². The number of nitrogens with one attached hydrogen (secondary N) is 2. The quantitative estimate of drug-likeness (QED) is 0.426. The molecule has 8 heteroatoms. The fourth-order valence-corrected chi connectivity index (χ4v) is 3.31. The molecule has 0 spiro atoms. The summed E-state index contributed by atoms with van der Waals surface area (Å²) in [5.41, 5.74) is 3.48. The van der Waals surface area contributed by atoms with Crippen molar-refractivity contribution in [2.45, 2.75) is 11.5 Å². The Morgan fingerprint density at radius 3 is 2.33 bits per heavy atom. The number of aromatic nitrogens is 4. The molecule has 0 unspecified atom stereocenters. The molecule has 0 aliphatic heterocycles. The normalized spacial score (nSPS) is 11.3. The van der Waals surface area contributed by atoms with Crippen LogP contribution in [-0.2, 0) is 11.5 Å². The average molecular weight is 339 g/mol. The van der Waals surface area contributed by atoms with Crippen LogP contribution in [0.1, 0.15) is 11.6 Å². The van der Waals surface area contributed by atoms with E-state index in [-0.39, 0.29) is 5.69 Å². The van der Waals surface area contributed by atoms with Gasteiger partial charge in [-0.3, -0.25) is 10.1 Å². The van der Waals surface area contributed by atoms with E-state index in [4.69, 9.17) is 0 Å². The first kappa shape index (κ1) is 14.7. The number of aromatic amines is 2. The molecule has 2 heterocycles. The molecule has 4 rings (SSSR count). The zero-order valence-electron chi connectivity index (χ0n) is 12.5. The molecule has 0 fully saturated rings. The van der Waals surface area contributed by atoms with Gasteiger partial charge in [-0.25, -0.2) is 9.97 Å². The summed E-state index contributed by atoms with van der Waals surface area (Å²) in [5, 5.41) is 10.8. The molecule has 0 aliphatic carbocycles. The molecule has 120 valence electrons. The zero-order chi connectivity index (χ0) is 16.5. The number of nitrogens with zero attached hydrogens (tertiary/aromatic N) is 3. The highest BCUT2D eigenvalue weighted by Crippen LogP contribution is 2.22. The summed E-state index contributed by atoms with van der Waals surface area (Å²) >= 11 is 1.68. The van der Waals surface area contributed by atoms with Crippen molar-refractivity contribution in [3.05, 3.63) is 64.2 Å². The van der Waals surface area contributed by atoms with E-state index in [2.05, 4.69) is 19.9 Å². The van der Waals surface area contributed by atoms with Gasteiger partial charge in [-0.05, 0) is 18.2 Å². The van der Waals surface area contributed by atoms with E-state index in [0.29, 0.717) is 11.3 Å². The van der Waals surface area contributed by atoms with Gasteiger partial charge in [-0.15, -0.1) is 11.8 Å². The van der Waals surface area contributed by atoms with E-state index >= 15 is 0 Å². The topological polar surface area (TPSA) is 100 Å². The summed E-state index contributed by atoms with van der Waals surface area (Å²) in [6, 6.07) is 12.6. The van der Waals surface area contributed by atoms with Gasteiger partial charge < -0.3 is 9.97 Å². The van der Waals surface area contributed by atoms with Crippen LogP contribution in [0.4, 0.5) is 5.69 Å². The highest BCUT2D eigenvalue weighted by Gasteiger charge is 2.10. The molecule has 7 nitrogen and oxygen atoms in total. The van der Waals surface area contributed by atoms with Crippen LogP contribution in [0.3, 0.4) is 0 Å². The molecule has 0 atom stereocenters. The highest BCUT2D eigenvalue weighted by atomic mass is 32.2. The van der Waals surface area contributed by atoms with Crippen LogP contribution in [0.15, 0.2) is 42.5 Å². The molecule has 0 radical (unpaired) electrons. The summed E-state index contributed by atoms with van der Waals surface area (Å²) in [4.78, 5) is 25.8. The molecule has 2 N–H and O–H groups in total. The van der Waals surface area contributed by atoms with Gasteiger partial charge in [0.2, 0.25) is 0 Å². The van der Waals surface area contributed by atoms with Gasteiger partial charge in [0.1, 0.15) is 11.6 Å². The van der Waals surface area contributed by atoms with Crippen molar-refractivity contribution >= 4 is 39.5 Å². The predicted molar refractivity (Wildman–Crippen MR) is 93.8 cm³/mol. The molecule has 24 heavy (non-hydrogen) atoms. The average Bonchev–Trinajstić information content (AvgIpc) is 3.16. The molecule has 0 saturated heterocycles. The van der Waals surface area contributed by atoms with Crippen LogP contribution in [0.2, 0.25) is 0 Å². The number of rotatable bonds is 5. The lowest BCUT2D eigenvalue weighted by molar-refractivity contribution is -0.384. The molecule has 0 amide bonds. The Morgan fingerprint density at radius 2 is 1.62 bits per heavy atom. The largest absolute Gasteiger partial charge is 0.341 e. The van der Waals surface area contributed by atoms with E-state index < -0.39 is 4.92 Å². The molecule has 0 aliphatic rings. The number of H-pyrrole nitrogens is 2. The Morgan fingerprint density at radius 1 is 0.958 bits per heavy atom. The maximum absolute atomic E-state index is 10.8. The molecule has 0 bridgehead atoms. The lowest BCUT2D eigenvalue weighted by atomic mass is 10.3. The fraction of sp³-hybridized carbons (Fsp3) is 0.125. The van der Waals surface area contributed by atoms with Gasteiger partial charge >= 0.3 is 0 Å².